The van der Waals surface area contributed by atoms with E-state index in [-0.39, 0.29) is 18.3 Å². The number of hydrogen-bond acceptors (Lipinski definition) is 8. The second-order valence-corrected chi connectivity index (χ2v) is 8.03. The van der Waals surface area contributed by atoms with Crippen molar-refractivity contribution >= 4 is 17.2 Å². The highest BCUT2D eigenvalue weighted by Crippen LogP contribution is 2.31. The first kappa shape index (κ1) is 21.3. The van der Waals surface area contributed by atoms with Gasteiger partial charge in [-0.25, -0.2) is 15.0 Å². The third-order valence-corrected chi connectivity index (χ3v) is 5.71. The van der Waals surface area contributed by atoms with Gasteiger partial charge in [0.15, 0.2) is 5.75 Å². The summed E-state index contributed by atoms with van der Waals surface area (Å²) in [4.78, 5) is 19.2. The fourth-order valence-corrected chi connectivity index (χ4v) is 4.12. The number of pyridine rings is 1. The molecule has 1 aliphatic rings. The lowest BCUT2D eigenvalue weighted by molar-refractivity contribution is -0.276. The van der Waals surface area contributed by atoms with Crippen LogP contribution in [0.3, 0.4) is 0 Å². The highest BCUT2D eigenvalue weighted by atomic mass is 32.1. The number of hydrogen-bond donors (Lipinski definition) is 0. The minimum atomic E-state index is -4.83. The van der Waals surface area contributed by atoms with Crippen LogP contribution in [0.4, 0.5) is 19.0 Å². The minimum absolute atomic E-state index is 0.0297. The first-order chi connectivity index (χ1) is 14.9. The largest absolute Gasteiger partial charge is 0.574 e. The van der Waals surface area contributed by atoms with Crippen molar-refractivity contribution in [2.75, 3.05) is 24.6 Å². The van der Waals surface area contributed by atoms with E-state index in [1.54, 1.807) is 12.4 Å². The van der Waals surface area contributed by atoms with Gasteiger partial charge in [0.25, 0.3) is 5.88 Å². The molecule has 0 bridgehead atoms. The Hall–Kier alpha value is -2.95. The van der Waals surface area contributed by atoms with E-state index in [0.717, 1.165) is 41.6 Å². The number of thiazole rings is 1. The van der Waals surface area contributed by atoms with Crippen molar-refractivity contribution in [2.24, 2.45) is 5.92 Å². The van der Waals surface area contributed by atoms with Crippen LogP contribution in [0.5, 0.6) is 11.6 Å². The molecule has 1 aliphatic heterocycles. The molecule has 0 spiro atoms. The lowest BCUT2D eigenvalue weighted by Gasteiger charge is -2.33. The standard InChI is InChI=1S/C20H20F3N5O2S/c1-13-12-31-19(26-13)15-8-24-9-17(27-15)28-7-3-4-14(10-28)11-29-16-5-2-6-25-18(16)30-20(21,22)23/h2,5-6,8-9,12,14H,3-4,7,10-11H2,1H3. The number of piperidine rings is 1. The molecule has 11 heteroatoms. The second-order valence-electron chi connectivity index (χ2n) is 7.18. The smallest absolute Gasteiger partial charge is 0.488 e. The molecule has 3 aromatic heterocycles. The molecule has 7 nitrogen and oxygen atoms in total. The summed E-state index contributed by atoms with van der Waals surface area (Å²) in [7, 11) is 0. The van der Waals surface area contributed by atoms with Gasteiger partial charge in [0.2, 0.25) is 0 Å². The highest BCUT2D eigenvalue weighted by Gasteiger charge is 2.33. The predicted octanol–water partition coefficient (Wildman–Crippen LogP) is 4.50. The zero-order chi connectivity index (χ0) is 21.8. The van der Waals surface area contributed by atoms with E-state index in [2.05, 4.69) is 24.6 Å². The predicted molar refractivity (Wildman–Crippen MR) is 109 cm³/mol. The first-order valence-corrected chi connectivity index (χ1v) is 10.6. The Morgan fingerprint density at radius 2 is 2.13 bits per heavy atom. The third-order valence-electron chi connectivity index (χ3n) is 4.73. The average Bonchev–Trinajstić information content (AvgIpc) is 3.19. The lowest BCUT2D eigenvalue weighted by atomic mass is 9.99. The molecule has 0 aromatic carbocycles. The van der Waals surface area contributed by atoms with E-state index in [9.17, 15) is 13.2 Å². The van der Waals surface area contributed by atoms with Crippen LogP contribution in [0.1, 0.15) is 18.5 Å². The maximum atomic E-state index is 12.6. The van der Waals surface area contributed by atoms with E-state index in [1.807, 2.05) is 12.3 Å². The van der Waals surface area contributed by atoms with Gasteiger partial charge in [0, 0.05) is 36.3 Å². The van der Waals surface area contributed by atoms with E-state index < -0.39 is 12.2 Å². The Balaban J connectivity index is 1.41. The van der Waals surface area contributed by atoms with Crippen LogP contribution in [-0.2, 0) is 0 Å². The van der Waals surface area contributed by atoms with Crippen LogP contribution in [0, 0.1) is 12.8 Å². The van der Waals surface area contributed by atoms with Gasteiger partial charge in [-0.1, -0.05) is 0 Å². The van der Waals surface area contributed by atoms with Gasteiger partial charge in [-0.2, -0.15) is 0 Å². The number of anilines is 1. The summed E-state index contributed by atoms with van der Waals surface area (Å²) >= 11 is 1.52. The van der Waals surface area contributed by atoms with Gasteiger partial charge in [0.1, 0.15) is 16.5 Å². The van der Waals surface area contributed by atoms with Gasteiger partial charge in [-0.15, -0.1) is 24.5 Å². The molecule has 31 heavy (non-hydrogen) atoms. The SMILES string of the molecule is Cc1csc(-c2cncc(N3CCCC(COc4cccnc4OC(F)(F)F)C3)n2)n1. The highest BCUT2D eigenvalue weighted by molar-refractivity contribution is 7.13. The summed E-state index contributed by atoms with van der Waals surface area (Å²) in [5.74, 6) is 0.246. The first-order valence-electron chi connectivity index (χ1n) is 9.70. The Morgan fingerprint density at radius 3 is 2.90 bits per heavy atom. The fraction of sp³-hybridized carbons (Fsp3) is 0.400. The molecule has 1 unspecified atom stereocenters. The molecule has 1 fully saturated rings. The van der Waals surface area contributed by atoms with E-state index in [0.29, 0.717) is 6.54 Å². The number of alkyl halides is 3. The molecule has 4 rings (SSSR count). The summed E-state index contributed by atoms with van der Waals surface area (Å²) in [6, 6.07) is 2.92. The molecule has 0 saturated carbocycles. The Labute approximate surface area is 180 Å². The third kappa shape index (κ3) is 5.60. The van der Waals surface area contributed by atoms with Crippen LogP contribution >= 0.6 is 11.3 Å². The lowest BCUT2D eigenvalue weighted by Crippen LogP contribution is -2.38. The molecule has 0 aliphatic carbocycles. The Morgan fingerprint density at radius 1 is 1.26 bits per heavy atom. The summed E-state index contributed by atoms with van der Waals surface area (Å²) in [5.41, 5.74) is 1.66. The molecule has 0 N–H and O–H groups in total. The zero-order valence-corrected chi connectivity index (χ0v) is 17.5. The Kier molecular flexibility index (Phi) is 6.21. The number of ether oxygens (including phenoxy) is 2. The fourth-order valence-electron chi connectivity index (χ4n) is 3.37. The van der Waals surface area contributed by atoms with Gasteiger partial charge in [-0.3, -0.25) is 4.98 Å². The molecular weight excluding hydrogens is 431 g/mol. The maximum absolute atomic E-state index is 12.6. The zero-order valence-electron chi connectivity index (χ0n) is 16.7. The summed E-state index contributed by atoms with van der Waals surface area (Å²) < 4.78 is 47.3. The van der Waals surface area contributed by atoms with Gasteiger partial charge in [-0.05, 0) is 31.9 Å². The molecule has 1 saturated heterocycles. The van der Waals surface area contributed by atoms with Crippen LogP contribution in [0.2, 0.25) is 0 Å². The molecule has 4 heterocycles. The molecule has 0 amide bonds. The second kappa shape index (κ2) is 9.04. The molecule has 164 valence electrons. The summed E-state index contributed by atoms with van der Waals surface area (Å²) in [5, 5.41) is 2.78. The van der Waals surface area contributed by atoms with Gasteiger partial charge < -0.3 is 14.4 Å². The number of aromatic nitrogens is 4. The topological polar surface area (TPSA) is 73.3 Å². The number of aryl methyl sites for hydroxylation is 1. The number of rotatable bonds is 6. The molecule has 1 atom stereocenters. The minimum Gasteiger partial charge on any atom is -0.488 e. The van der Waals surface area contributed by atoms with Crippen molar-refractivity contribution in [3.05, 3.63) is 41.8 Å². The number of nitrogens with zero attached hydrogens (tertiary/aromatic N) is 5. The van der Waals surface area contributed by atoms with Crippen LogP contribution in [0.25, 0.3) is 10.7 Å². The normalized spacial score (nSPS) is 16.9. The van der Waals surface area contributed by atoms with E-state index in [1.165, 1.54) is 29.7 Å². The summed E-state index contributed by atoms with van der Waals surface area (Å²) in [6.07, 6.45) is 1.61. The molecular formula is C20H20F3N5O2S. The van der Waals surface area contributed by atoms with Crippen molar-refractivity contribution in [1.82, 2.24) is 19.9 Å². The monoisotopic (exact) mass is 451 g/mol. The quantitative estimate of drug-likeness (QED) is 0.546. The van der Waals surface area contributed by atoms with Crippen LogP contribution in [-0.4, -0.2) is 46.0 Å². The van der Waals surface area contributed by atoms with Crippen molar-refractivity contribution in [1.29, 1.82) is 0 Å². The van der Waals surface area contributed by atoms with Crippen molar-refractivity contribution < 1.29 is 22.6 Å². The molecule has 3 aromatic rings. The van der Waals surface area contributed by atoms with Crippen molar-refractivity contribution in [3.8, 4) is 22.3 Å². The van der Waals surface area contributed by atoms with Crippen molar-refractivity contribution in [3.63, 3.8) is 0 Å². The average molecular weight is 451 g/mol. The van der Waals surface area contributed by atoms with Crippen molar-refractivity contribution in [2.45, 2.75) is 26.1 Å². The molecule has 0 radical (unpaired) electrons. The maximum Gasteiger partial charge on any atom is 0.574 e. The van der Waals surface area contributed by atoms with Gasteiger partial charge in [0.05, 0.1) is 19.0 Å². The Bertz CT molecular complexity index is 1030. The van der Waals surface area contributed by atoms with E-state index in [4.69, 9.17) is 9.72 Å². The van der Waals surface area contributed by atoms with E-state index >= 15 is 0 Å². The van der Waals surface area contributed by atoms with Crippen LogP contribution in [0.15, 0.2) is 36.1 Å². The summed E-state index contributed by atoms with van der Waals surface area (Å²) in [6.45, 7) is 3.65. The van der Waals surface area contributed by atoms with Gasteiger partial charge >= 0.3 is 6.36 Å². The van der Waals surface area contributed by atoms with Crippen LogP contribution < -0.4 is 14.4 Å². The number of halogens is 3.